The van der Waals surface area contributed by atoms with Gasteiger partial charge in [-0.2, -0.15) is 0 Å². The van der Waals surface area contributed by atoms with Gasteiger partial charge in [0.25, 0.3) is 0 Å². The number of rotatable bonds is 8. The molecule has 0 saturated heterocycles. The Labute approximate surface area is 421 Å². The minimum atomic E-state index is -1.52. The molecule has 0 atom stereocenters. The van der Waals surface area contributed by atoms with E-state index in [9.17, 15) is 0 Å². The highest BCUT2D eigenvalue weighted by Crippen LogP contribution is 2.48. The Hall–Kier alpha value is -7.55. The first-order chi connectivity index (χ1) is 34.4. The Kier molecular flexibility index (Phi) is 10.1. The molecule has 0 saturated carbocycles. The fourth-order valence-corrected chi connectivity index (χ4v) is 14.7. The summed E-state index contributed by atoms with van der Waals surface area (Å²) in [4.78, 5) is 4.92. The molecule has 1 aromatic heterocycles. The van der Waals surface area contributed by atoms with Crippen molar-refractivity contribution in [2.75, 3.05) is 9.80 Å². The van der Waals surface area contributed by atoms with Crippen LogP contribution in [0.1, 0.15) is 0 Å². The Morgan fingerprint density at radius 1 is 0.282 bits per heavy atom. The van der Waals surface area contributed by atoms with Crippen LogP contribution in [-0.4, -0.2) is 16.1 Å². The second kappa shape index (κ2) is 16.5. The lowest BCUT2D eigenvalue weighted by Gasteiger charge is -2.27. The summed E-state index contributed by atoms with van der Waals surface area (Å²) in [5, 5.41) is 20.7. The average Bonchev–Trinajstić information content (AvgIpc) is 3.78. The molecule has 0 radical (unpaired) electrons. The Bertz CT molecular complexity index is 4260. The average molecular weight is 963 g/mol. The predicted octanol–water partition coefficient (Wildman–Crippen LogP) is 19.0. The molecule has 12 aromatic carbocycles. The third-order valence-corrected chi connectivity index (χ3v) is 20.2. The molecular weight excluding hydrogens is 909 g/mol. The highest BCUT2D eigenvalue weighted by Gasteiger charge is 2.23. The minimum Gasteiger partial charge on any atom is -0.310 e. The van der Waals surface area contributed by atoms with Crippen molar-refractivity contribution in [3.8, 4) is 0 Å². The summed E-state index contributed by atoms with van der Waals surface area (Å²) in [6, 6.07) is 82.6. The van der Waals surface area contributed by atoms with Crippen LogP contribution in [0.5, 0.6) is 0 Å². The van der Waals surface area contributed by atoms with Crippen LogP contribution in [0.25, 0.3) is 84.8 Å². The zero-order valence-electron chi connectivity index (χ0n) is 41.1. The Morgan fingerprint density at radius 3 is 1.14 bits per heavy atom. The standard InChI is InChI=1S/C66H54N2SSi2/c1-70(2,3)53-33-27-47(28-34-53)67(49-25-23-45-21-19-43-13-7-9-15-55(43)61(45)39-49)51-31-37-59-63(41-51)57-17-11-12-18-58(57)65-60-38-32-52(42-64(60)69-66(59)65)68(48-29-35-54(36-30-48)71(4,5)6)50-26-24-46-22-20-44-14-8-10-16-56(44)62(46)40-50/h7-42H,1-6H3. The first-order valence-electron chi connectivity index (χ1n) is 24.9. The highest BCUT2D eigenvalue weighted by molar-refractivity contribution is 7.27. The number of anilines is 6. The molecule has 0 aliphatic heterocycles. The van der Waals surface area contributed by atoms with Crippen LogP contribution in [-0.2, 0) is 0 Å². The van der Waals surface area contributed by atoms with Gasteiger partial charge in [0, 0.05) is 59.7 Å². The van der Waals surface area contributed by atoms with Gasteiger partial charge in [0.2, 0.25) is 0 Å². The maximum absolute atomic E-state index is 2.46. The maximum Gasteiger partial charge on any atom is 0.0775 e. The molecule has 71 heavy (non-hydrogen) atoms. The number of hydrogen-bond acceptors (Lipinski definition) is 3. The van der Waals surface area contributed by atoms with Crippen LogP contribution in [0.3, 0.4) is 0 Å². The molecule has 0 aliphatic rings. The molecule has 0 fully saturated rings. The summed E-state index contributed by atoms with van der Waals surface area (Å²) in [6.07, 6.45) is 0. The van der Waals surface area contributed by atoms with Gasteiger partial charge in [-0.1, -0.05) is 195 Å². The van der Waals surface area contributed by atoms with Gasteiger partial charge in [0.15, 0.2) is 0 Å². The minimum absolute atomic E-state index is 1.14. The van der Waals surface area contributed by atoms with E-state index in [1.54, 1.807) is 0 Å². The maximum atomic E-state index is 2.46. The van der Waals surface area contributed by atoms with Crippen LogP contribution in [0.15, 0.2) is 218 Å². The summed E-state index contributed by atoms with van der Waals surface area (Å²) in [5.74, 6) is 0. The van der Waals surface area contributed by atoms with Crippen LogP contribution in [0.4, 0.5) is 34.1 Å². The van der Waals surface area contributed by atoms with Gasteiger partial charge < -0.3 is 9.80 Å². The van der Waals surface area contributed by atoms with E-state index in [0.29, 0.717) is 0 Å². The van der Waals surface area contributed by atoms with Crippen molar-refractivity contribution >= 4 is 157 Å². The van der Waals surface area contributed by atoms with Crippen molar-refractivity contribution in [1.29, 1.82) is 0 Å². The highest BCUT2D eigenvalue weighted by atomic mass is 32.1. The molecule has 0 bridgehead atoms. The first kappa shape index (κ1) is 43.5. The molecule has 5 heteroatoms. The molecule has 0 amide bonds. The lowest BCUT2D eigenvalue weighted by Crippen LogP contribution is -2.37. The van der Waals surface area contributed by atoms with Crippen LogP contribution in [0.2, 0.25) is 39.3 Å². The molecule has 13 aromatic rings. The van der Waals surface area contributed by atoms with Gasteiger partial charge in [-0.15, -0.1) is 11.3 Å². The molecule has 0 N–H and O–H groups in total. The smallest absolute Gasteiger partial charge is 0.0775 e. The van der Waals surface area contributed by atoms with E-state index in [4.69, 9.17) is 0 Å². The third kappa shape index (κ3) is 7.41. The second-order valence-corrected chi connectivity index (χ2v) is 32.6. The van der Waals surface area contributed by atoms with E-state index in [1.807, 2.05) is 11.3 Å². The van der Waals surface area contributed by atoms with Crippen molar-refractivity contribution < 1.29 is 0 Å². The van der Waals surface area contributed by atoms with E-state index < -0.39 is 16.1 Å². The van der Waals surface area contributed by atoms with Gasteiger partial charge in [0.1, 0.15) is 0 Å². The normalized spacial score (nSPS) is 12.4. The van der Waals surface area contributed by atoms with E-state index in [2.05, 4.69) is 267 Å². The van der Waals surface area contributed by atoms with E-state index in [0.717, 1.165) is 34.1 Å². The molecule has 0 spiro atoms. The number of thiophene rings is 1. The van der Waals surface area contributed by atoms with Gasteiger partial charge in [-0.3, -0.25) is 0 Å². The van der Waals surface area contributed by atoms with Gasteiger partial charge in [-0.05, 0) is 132 Å². The van der Waals surface area contributed by atoms with Crippen molar-refractivity contribution in [3.05, 3.63) is 218 Å². The largest absolute Gasteiger partial charge is 0.310 e. The zero-order valence-corrected chi connectivity index (χ0v) is 43.9. The summed E-state index contributed by atoms with van der Waals surface area (Å²) in [6.45, 7) is 14.5. The fourth-order valence-electron chi connectivity index (χ4n) is 11.1. The summed E-state index contributed by atoms with van der Waals surface area (Å²) in [7, 11) is -3.02. The van der Waals surface area contributed by atoms with E-state index >= 15 is 0 Å². The fraction of sp³-hybridized carbons (Fsp3) is 0.0909. The van der Waals surface area contributed by atoms with Gasteiger partial charge in [0.05, 0.1) is 16.1 Å². The number of fused-ring (bicyclic) bond motifs is 14. The van der Waals surface area contributed by atoms with Crippen molar-refractivity contribution in [3.63, 3.8) is 0 Å². The first-order valence-corrected chi connectivity index (χ1v) is 32.7. The quantitative estimate of drug-likeness (QED) is 0.111. The molecule has 2 nitrogen and oxygen atoms in total. The van der Waals surface area contributed by atoms with E-state index in [1.165, 1.54) is 95.2 Å². The molecule has 0 aliphatic carbocycles. The van der Waals surface area contributed by atoms with Gasteiger partial charge >= 0.3 is 0 Å². The zero-order chi connectivity index (χ0) is 48.2. The van der Waals surface area contributed by atoms with E-state index in [-0.39, 0.29) is 0 Å². The van der Waals surface area contributed by atoms with Crippen molar-refractivity contribution in [2.45, 2.75) is 39.3 Å². The molecular formula is C66H54N2SSi2. The Morgan fingerprint density at radius 2 is 0.648 bits per heavy atom. The lowest BCUT2D eigenvalue weighted by molar-refractivity contribution is 1.30. The van der Waals surface area contributed by atoms with Gasteiger partial charge in [-0.25, -0.2) is 0 Å². The topological polar surface area (TPSA) is 6.48 Å². The Balaban J connectivity index is 0.998. The molecule has 13 rings (SSSR count). The number of nitrogens with zero attached hydrogens (tertiary/aromatic N) is 2. The second-order valence-electron chi connectivity index (χ2n) is 21.4. The molecule has 0 unspecified atom stereocenters. The number of hydrogen-bond donors (Lipinski definition) is 0. The monoisotopic (exact) mass is 962 g/mol. The lowest BCUT2D eigenvalue weighted by atomic mass is 9.96. The molecule has 1 heterocycles. The number of benzene rings is 12. The third-order valence-electron chi connectivity index (χ3n) is 14.9. The van der Waals surface area contributed by atoms with Crippen LogP contribution >= 0.6 is 11.3 Å². The predicted molar refractivity (Wildman–Crippen MR) is 320 cm³/mol. The van der Waals surface area contributed by atoms with Crippen LogP contribution in [0, 0.1) is 0 Å². The summed E-state index contributed by atoms with van der Waals surface area (Å²) in [5.41, 5.74) is 6.91. The summed E-state index contributed by atoms with van der Waals surface area (Å²) < 4.78 is 2.60. The van der Waals surface area contributed by atoms with Crippen molar-refractivity contribution in [2.24, 2.45) is 0 Å². The van der Waals surface area contributed by atoms with Crippen LogP contribution < -0.4 is 20.2 Å². The molecule has 342 valence electrons. The SMILES string of the molecule is C[Si](C)(C)c1ccc(N(c2ccc3c(c2)sc2c4ccc(N(c5ccc([Si](C)(C)C)cc5)c5ccc6ccc7ccccc7c6c5)cc4c4ccccc4c32)c2ccc3ccc4ccccc4c3c2)cc1. The summed E-state index contributed by atoms with van der Waals surface area (Å²) >= 11 is 1.92. The van der Waals surface area contributed by atoms with Crippen molar-refractivity contribution in [1.82, 2.24) is 0 Å².